The summed E-state index contributed by atoms with van der Waals surface area (Å²) in [5.74, 6) is -4.44. The number of esters is 3. The van der Waals surface area contributed by atoms with Crippen molar-refractivity contribution in [3.8, 4) is 0 Å². The number of furan rings is 1. The van der Waals surface area contributed by atoms with E-state index in [1.165, 1.54) is 0 Å². The maximum atomic E-state index is 12.8. The average molecular weight is 368 g/mol. The van der Waals surface area contributed by atoms with Crippen molar-refractivity contribution >= 4 is 17.9 Å². The van der Waals surface area contributed by atoms with E-state index in [4.69, 9.17) is 18.6 Å². The third-order valence-corrected chi connectivity index (χ3v) is 3.41. The van der Waals surface area contributed by atoms with Crippen LogP contribution in [-0.4, -0.2) is 36.7 Å². The number of ether oxygens (including phenoxy) is 3. The first-order chi connectivity index (χ1) is 12.1. The molecule has 1 heterocycles. The molecule has 7 nitrogen and oxygen atoms in total. The van der Waals surface area contributed by atoms with Crippen LogP contribution in [-0.2, 0) is 35.0 Å². The maximum Gasteiger partial charge on any atom is 0.321 e. The average Bonchev–Trinajstić information content (AvgIpc) is 2.99. The van der Waals surface area contributed by atoms with E-state index in [0.717, 1.165) is 0 Å². The maximum absolute atomic E-state index is 12.8. The summed E-state index contributed by atoms with van der Waals surface area (Å²) in [5, 5.41) is 0. The summed E-state index contributed by atoms with van der Waals surface area (Å²) < 4.78 is 21.1. The Morgan fingerprint density at radius 3 is 1.88 bits per heavy atom. The Morgan fingerprint density at radius 1 is 0.962 bits per heavy atom. The Kier molecular flexibility index (Phi) is 7.86. The van der Waals surface area contributed by atoms with Gasteiger partial charge in [-0.2, -0.15) is 0 Å². The highest BCUT2D eigenvalue weighted by molar-refractivity contribution is 6.01. The van der Waals surface area contributed by atoms with Crippen LogP contribution in [0.15, 0.2) is 16.5 Å². The molecule has 0 aromatic carbocycles. The normalized spacial score (nSPS) is 12.6. The molecule has 146 valence electrons. The molecular formula is C19H28O7. The Labute approximate surface area is 154 Å². The molecule has 26 heavy (non-hydrogen) atoms. The van der Waals surface area contributed by atoms with Crippen molar-refractivity contribution in [2.24, 2.45) is 5.92 Å². The molecule has 0 saturated heterocycles. The van der Waals surface area contributed by atoms with Crippen LogP contribution in [0.1, 0.15) is 59.0 Å². The van der Waals surface area contributed by atoms with E-state index >= 15 is 0 Å². The monoisotopic (exact) mass is 368 g/mol. The second-order valence-electron chi connectivity index (χ2n) is 6.65. The molecule has 0 fully saturated rings. The summed E-state index contributed by atoms with van der Waals surface area (Å²) in [6, 6.07) is 3.26. The fourth-order valence-electron chi connectivity index (χ4n) is 2.37. The lowest BCUT2D eigenvalue weighted by Crippen LogP contribution is -2.39. The van der Waals surface area contributed by atoms with Crippen molar-refractivity contribution in [3.05, 3.63) is 23.7 Å². The number of carbonyl (C=O) groups is 3. The number of hydrogen-bond donors (Lipinski definition) is 0. The Bertz CT molecular complexity index is 606. The minimum Gasteiger partial charge on any atom is -0.465 e. The number of carbonyl (C=O) groups excluding carboxylic acids is 3. The van der Waals surface area contributed by atoms with Gasteiger partial charge in [0.2, 0.25) is 0 Å². The molecule has 0 N–H and O–H groups in total. The van der Waals surface area contributed by atoms with Gasteiger partial charge >= 0.3 is 17.9 Å². The van der Waals surface area contributed by atoms with E-state index in [1.807, 2.05) is 6.92 Å². The van der Waals surface area contributed by atoms with Crippen LogP contribution >= 0.6 is 0 Å². The van der Waals surface area contributed by atoms with Crippen LogP contribution in [0.4, 0.5) is 0 Å². The SMILES string of the molecule is CCOC(=O)C(C(=O)OCC)C(C(=O)OC(C)(C)C)c1ccc(CC)o1. The highest BCUT2D eigenvalue weighted by Crippen LogP contribution is 2.32. The first-order valence-corrected chi connectivity index (χ1v) is 8.79. The summed E-state index contributed by atoms with van der Waals surface area (Å²) in [6.45, 7) is 10.3. The van der Waals surface area contributed by atoms with Crippen molar-refractivity contribution in [1.82, 2.24) is 0 Å². The molecule has 0 aliphatic carbocycles. The Morgan fingerprint density at radius 2 is 1.50 bits per heavy atom. The fraction of sp³-hybridized carbons (Fsp3) is 0.632. The molecule has 0 aliphatic heterocycles. The minimum absolute atomic E-state index is 0.0636. The lowest BCUT2D eigenvalue weighted by atomic mass is 9.89. The van der Waals surface area contributed by atoms with E-state index in [-0.39, 0.29) is 19.0 Å². The lowest BCUT2D eigenvalue weighted by molar-refractivity contribution is -0.172. The molecule has 1 unspecified atom stereocenters. The number of hydrogen-bond acceptors (Lipinski definition) is 7. The van der Waals surface area contributed by atoms with E-state index in [0.29, 0.717) is 12.2 Å². The molecular weight excluding hydrogens is 340 g/mol. The first kappa shape index (κ1) is 21.7. The highest BCUT2D eigenvalue weighted by Gasteiger charge is 2.46. The largest absolute Gasteiger partial charge is 0.465 e. The smallest absolute Gasteiger partial charge is 0.321 e. The van der Waals surface area contributed by atoms with Crippen molar-refractivity contribution in [3.63, 3.8) is 0 Å². The Balaban J connectivity index is 3.38. The molecule has 0 bridgehead atoms. The summed E-state index contributed by atoms with van der Waals surface area (Å²) in [7, 11) is 0. The van der Waals surface area contributed by atoms with Crippen LogP contribution in [0.2, 0.25) is 0 Å². The summed E-state index contributed by atoms with van der Waals surface area (Å²) in [4.78, 5) is 37.7. The van der Waals surface area contributed by atoms with Crippen molar-refractivity contribution in [1.29, 1.82) is 0 Å². The molecule has 1 aromatic rings. The van der Waals surface area contributed by atoms with Gasteiger partial charge in [-0.15, -0.1) is 0 Å². The van der Waals surface area contributed by atoms with Crippen LogP contribution in [0, 0.1) is 5.92 Å². The molecule has 0 radical (unpaired) electrons. The minimum atomic E-state index is -1.50. The molecule has 0 aliphatic rings. The topological polar surface area (TPSA) is 92.0 Å². The van der Waals surface area contributed by atoms with Gasteiger partial charge in [0.25, 0.3) is 0 Å². The lowest BCUT2D eigenvalue weighted by Gasteiger charge is -2.26. The summed E-state index contributed by atoms with van der Waals surface area (Å²) >= 11 is 0. The molecule has 0 amide bonds. The zero-order chi connectivity index (χ0) is 19.9. The van der Waals surface area contributed by atoms with Crippen molar-refractivity contribution in [2.75, 3.05) is 13.2 Å². The van der Waals surface area contributed by atoms with E-state index in [2.05, 4.69) is 0 Å². The molecule has 7 heteroatoms. The van der Waals surface area contributed by atoms with Gasteiger partial charge in [-0.3, -0.25) is 14.4 Å². The number of aryl methyl sites for hydroxylation is 1. The second kappa shape index (κ2) is 9.40. The van der Waals surface area contributed by atoms with Gasteiger partial charge in [0.05, 0.1) is 13.2 Å². The van der Waals surface area contributed by atoms with Gasteiger partial charge in [0.15, 0.2) is 5.92 Å². The van der Waals surface area contributed by atoms with Crippen LogP contribution in [0.3, 0.4) is 0 Å². The van der Waals surface area contributed by atoms with Crippen molar-refractivity contribution < 1.29 is 33.0 Å². The van der Waals surface area contributed by atoms with E-state index in [9.17, 15) is 14.4 Å². The third-order valence-electron chi connectivity index (χ3n) is 3.41. The van der Waals surface area contributed by atoms with E-state index < -0.39 is 35.3 Å². The van der Waals surface area contributed by atoms with Crippen LogP contribution in [0.25, 0.3) is 0 Å². The van der Waals surface area contributed by atoms with Gasteiger partial charge in [-0.05, 0) is 46.8 Å². The zero-order valence-corrected chi connectivity index (χ0v) is 16.3. The van der Waals surface area contributed by atoms with E-state index in [1.54, 1.807) is 46.8 Å². The van der Waals surface area contributed by atoms with Crippen LogP contribution < -0.4 is 0 Å². The summed E-state index contributed by atoms with van der Waals surface area (Å²) in [6.07, 6.45) is 0.602. The molecule has 1 aromatic heterocycles. The highest BCUT2D eigenvalue weighted by atomic mass is 16.6. The fourth-order valence-corrected chi connectivity index (χ4v) is 2.37. The second-order valence-corrected chi connectivity index (χ2v) is 6.65. The van der Waals surface area contributed by atoms with Gasteiger partial charge < -0.3 is 18.6 Å². The molecule has 1 atom stereocenters. The molecule has 0 spiro atoms. The standard InChI is InChI=1S/C19H28O7/c1-7-12-10-11-13(25-12)14(18(22)26-19(4,5)6)15(16(20)23-8-2)17(21)24-9-3/h10-11,14-15H,7-9H2,1-6H3. The summed E-state index contributed by atoms with van der Waals surface area (Å²) in [5.41, 5.74) is -0.802. The van der Waals surface area contributed by atoms with Gasteiger partial charge in [-0.25, -0.2) is 0 Å². The van der Waals surface area contributed by atoms with Gasteiger partial charge in [-0.1, -0.05) is 6.92 Å². The van der Waals surface area contributed by atoms with Crippen LogP contribution in [0.5, 0.6) is 0 Å². The van der Waals surface area contributed by atoms with Gasteiger partial charge in [0.1, 0.15) is 23.0 Å². The molecule has 1 rings (SSSR count). The first-order valence-electron chi connectivity index (χ1n) is 8.79. The third kappa shape index (κ3) is 5.89. The molecule has 0 saturated carbocycles. The predicted octanol–water partition coefficient (Wildman–Crippen LogP) is 3.01. The Hall–Kier alpha value is -2.31. The zero-order valence-electron chi connectivity index (χ0n) is 16.3. The number of rotatable bonds is 8. The quantitative estimate of drug-likeness (QED) is 0.396. The predicted molar refractivity (Wildman–Crippen MR) is 93.4 cm³/mol. The van der Waals surface area contributed by atoms with Gasteiger partial charge in [0, 0.05) is 6.42 Å². The van der Waals surface area contributed by atoms with Crippen molar-refractivity contribution in [2.45, 2.75) is 59.5 Å².